The number of aryl methyl sites for hydroxylation is 2. The minimum atomic E-state index is -3.60. The van der Waals surface area contributed by atoms with Gasteiger partial charge in [0.1, 0.15) is 0 Å². The third-order valence-electron chi connectivity index (χ3n) is 6.03. The summed E-state index contributed by atoms with van der Waals surface area (Å²) < 4.78 is 27.8. The van der Waals surface area contributed by atoms with Crippen molar-refractivity contribution < 1.29 is 13.2 Å². The smallest absolute Gasteiger partial charge is 0.252 e. The number of hydrogen-bond donors (Lipinski definition) is 1. The zero-order valence-corrected chi connectivity index (χ0v) is 19.1. The fraction of sp³-hybridized carbons (Fsp3) is 0.458. The second kappa shape index (κ2) is 9.31. The van der Waals surface area contributed by atoms with Gasteiger partial charge < -0.3 is 5.32 Å². The van der Waals surface area contributed by atoms with Crippen molar-refractivity contribution in [1.29, 1.82) is 0 Å². The number of hydrogen-bond acceptors (Lipinski definition) is 3. The minimum Gasteiger partial charge on any atom is -0.345 e. The molecule has 1 saturated heterocycles. The maximum absolute atomic E-state index is 13.1. The number of sulfonamides is 1. The van der Waals surface area contributed by atoms with Gasteiger partial charge in [0.15, 0.2) is 0 Å². The summed E-state index contributed by atoms with van der Waals surface area (Å²) in [6.07, 6.45) is 2.48. The molecule has 1 fully saturated rings. The molecule has 0 bridgehead atoms. The topological polar surface area (TPSA) is 66.5 Å². The van der Waals surface area contributed by atoms with Gasteiger partial charge in [-0.2, -0.15) is 4.31 Å². The molecule has 1 N–H and O–H groups in total. The third-order valence-corrected chi connectivity index (χ3v) is 7.92. The van der Waals surface area contributed by atoms with E-state index in [-0.39, 0.29) is 16.8 Å². The number of piperidine rings is 1. The summed E-state index contributed by atoms with van der Waals surface area (Å²) in [6, 6.07) is 12.8. The van der Waals surface area contributed by atoms with E-state index in [9.17, 15) is 13.2 Å². The zero-order valence-electron chi connectivity index (χ0n) is 18.3. The Kier molecular flexibility index (Phi) is 6.98. The zero-order chi connectivity index (χ0) is 21.9. The second-order valence-electron chi connectivity index (χ2n) is 8.41. The van der Waals surface area contributed by atoms with Crippen LogP contribution in [0.5, 0.6) is 0 Å². The number of amides is 1. The SMILES string of the molecule is CC[C@@H](NC(=O)c1cc(S(=O)(=O)N2CCC(C)CC2)ccc1C)c1ccc(C)cc1. The Hall–Kier alpha value is -2.18. The van der Waals surface area contributed by atoms with Crippen molar-refractivity contribution in [3.8, 4) is 0 Å². The third kappa shape index (κ3) is 4.93. The van der Waals surface area contributed by atoms with Gasteiger partial charge in [-0.1, -0.05) is 49.7 Å². The second-order valence-corrected chi connectivity index (χ2v) is 10.3. The monoisotopic (exact) mass is 428 g/mol. The van der Waals surface area contributed by atoms with Crippen LogP contribution in [-0.4, -0.2) is 31.7 Å². The summed E-state index contributed by atoms with van der Waals surface area (Å²) in [7, 11) is -3.60. The summed E-state index contributed by atoms with van der Waals surface area (Å²) in [5.41, 5.74) is 3.38. The average Bonchev–Trinajstić information content (AvgIpc) is 2.73. The van der Waals surface area contributed by atoms with E-state index in [2.05, 4.69) is 12.2 Å². The molecule has 1 aliphatic rings. The normalized spacial score (nSPS) is 16.9. The predicted molar refractivity (Wildman–Crippen MR) is 120 cm³/mol. The fourth-order valence-electron chi connectivity index (χ4n) is 3.84. The molecular formula is C24H32N2O3S. The van der Waals surface area contributed by atoms with Gasteiger partial charge in [-0.15, -0.1) is 0 Å². The Labute approximate surface area is 180 Å². The number of nitrogens with one attached hydrogen (secondary N) is 1. The molecule has 1 atom stereocenters. The molecule has 1 aliphatic heterocycles. The Morgan fingerprint density at radius 3 is 2.33 bits per heavy atom. The lowest BCUT2D eigenvalue weighted by Crippen LogP contribution is -2.38. The molecule has 30 heavy (non-hydrogen) atoms. The highest BCUT2D eigenvalue weighted by Crippen LogP contribution is 2.25. The Bertz CT molecular complexity index is 992. The van der Waals surface area contributed by atoms with E-state index in [0.29, 0.717) is 24.6 Å². The first kappa shape index (κ1) is 22.5. The van der Waals surface area contributed by atoms with Crippen LogP contribution in [0.15, 0.2) is 47.4 Å². The van der Waals surface area contributed by atoms with Crippen LogP contribution in [0.25, 0.3) is 0 Å². The van der Waals surface area contributed by atoms with Crippen molar-refractivity contribution in [3.63, 3.8) is 0 Å². The van der Waals surface area contributed by atoms with Crippen molar-refractivity contribution >= 4 is 15.9 Å². The van der Waals surface area contributed by atoms with E-state index in [1.165, 1.54) is 11.6 Å². The molecule has 5 nitrogen and oxygen atoms in total. The van der Waals surface area contributed by atoms with Gasteiger partial charge in [-0.05, 0) is 62.3 Å². The maximum atomic E-state index is 13.1. The van der Waals surface area contributed by atoms with Crippen LogP contribution < -0.4 is 5.32 Å². The van der Waals surface area contributed by atoms with Crippen molar-refractivity contribution in [2.24, 2.45) is 5.92 Å². The largest absolute Gasteiger partial charge is 0.345 e. The van der Waals surface area contributed by atoms with Crippen LogP contribution in [-0.2, 0) is 10.0 Å². The van der Waals surface area contributed by atoms with Crippen LogP contribution in [0.4, 0.5) is 0 Å². The van der Waals surface area contributed by atoms with E-state index >= 15 is 0 Å². The first-order valence-corrected chi connectivity index (χ1v) is 12.1. The van der Waals surface area contributed by atoms with Crippen LogP contribution >= 0.6 is 0 Å². The summed E-state index contributed by atoms with van der Waals surface area (Å²) >= 11 is 0. The molecule has 0 spiro atoms. The van der Waals surface area contributed by atoms with E-state index in [4.69, 9.17) is 0 Å². The molecule has 3 rings (SSSR count). The molecule has 1 heterocycles. The first-order valence-electron chi connectivity index (χ1n) is 10.7. The lowest BCUT2D eigenvalue weighted by atomic mass is 10.0. The van der Waals surface area contributed by atoms with Crippen LogP contribution in [0.3, 0.4) is 0 Å². The van der Waals surface area contributed by atoms with Gasteiger partial charge >= 0.3 is 0 Å². The van der Waals surface area contributed by atoms with Crippen LogP contribution in [0.1, 0.15) is 66.2 Å². The summed E-state index contributed by atoms with van der Waals surface area (Å²) in [5, 5.41) is 3.08. The maximum Gasteiger partial charge on any atom is 0.252 e. The number of nitrogens with zero attached hydrogens (tertiary/aromatic N) is 1. The number of rotatable bonds is 6. The standard InChI is InChI=1S/C24H32N2O3S/c1-5-23(20-9-6-17(2)7-10-20)25-24(27)22-16-21(11-8-19(22)4)30(28,29)26-14-12-18(3)13-15-26/h6-11,16,18,23H,5,12-15H2,1-4H3,(H,25,27)/t23-/m1/s1. The van der Waals surface area contributed by atoms with Gasteiger partial charge in [0, 0.05) is 18.7 Å². The quantitative estimate of drug-likeness (QED) is 0.731. The van der Waals surface area contributed by atoms with Gasteiger partial charge in [0.2, 0.25) is 10.0 Å². The highest BCUT2D eigenvalue weighted by molar-refractivity contribution is 7.89. The van der Waals surface area contributed by atoms with Gasteiger partial charge in [-0.25, -0.2) is 8.42 Å². The van der Waals surface area contributed by atoms with Crippen molar-refractivity contribution in [3.05, 3.63) is 64.7 Å². The number of benzene rings is 2. The molecule has 162 valence electrons. The molecule has 2 aromatic carbocycles. The average molecular weight is 429 g/mol. The molecule has 2 aromatic rings. The predicted octanol–water partition coefficient (Wildman–Crippen LogP) is 4.61. The molecule has 0 aromatic heterocycles. The molecule has 0 radical (unpaired) electrons. The van der Waals surface area contributed by atoms with Crippen LogP contribution in [0, 0.1) is 19.8 Å². The molecule has 1 amide bonds. The van der Waals surface area contributed by atoms with Gasteiger partial charge in [0.25, 0.3) is 5.91 Å². The Morgan fingerprint density at radius 2 is 1.73 bits per heavy atom. The van der Waals surface area contributed by atoms with Crippen LogP contribution in [0.2, 0.25) is 0 Å². The van der Waals surface area contributed by atoms with Gasteiger partial charge in [-0.3, -0.25) is 4.79 Å². The summed E-state index contributed by atoms with van der Waals surface area (Å²) in [6.45, 7) is 9.10. The first-order chi connectivity index (χ1) is 14.2. The molecular weight excluding hydrogens is 396 g/mol. The molecule has 0 unspecified atom stereocenters. The number of carbonyl (C=O) groups is 1. The Morgan fingerprint density at radius 1 is 1.10 bits per heavy atom. The molecule has 0 saturated carbocycles. The highest BCUT2D eigenvalue weighted by atomic mass is 32.2. The Balaban J connectivity index is 1.83. The molecule has 0 aliphatic carbocycles. The minimum absolute atomic E-state index is 0.124. The summed E-state index contributed by atoms with van der Waals surface area (Å²) in [5.74, 6) is 0.299. The highest BCUT2D eigenvalue weighted by Gasteiger charge is 2.29. The van der Waals surface area contributed by atoms with Crippen molar-refractivity contribution in [1.82, 2.24) is 9.62 Å². The lowest BCUT2D eigenvalue weighted by Gasteiger charge is -2.29. The van der Waals surface area contributed by atoms with E-state index < -0.39 is 10.0 Å². The molecule has 6 heteroatoms. The van der Waals surface area contributed by atoms with E-state index in [1.807, 2.05) is 45.0 Å². The van der Waals surface area contributed by atoms with Gasteiger partial charge in [0.05, 0.1) is 10.9 Å². The van der Waals surface area contributed by atoms with E-state index in [1.54, 1.807) is 16.4 Å². The van der Waals surface area contributed by atoms with Crippen molar-refractivity contribution in [2.75, 3.05) is 13.1 Å². The van der Waals surface area contributed by atoms with E-state index in [0.717, 1.165) is 30.4 Å². The fourth-order valence-corrected chi connectivity index (χ4v) is 5.33. The van der Waals surface area contributed by atoms with Crippen molar-refractivity contribution in [2.45, 2.75) is 57.9 Å². The number of carbonyl (C=O) groups excluding carboxylic acids is 1. The lowest BCUT2D eigenvalue weighted by molar-refractivity contribution is 0.0934. The summed E-state index contributed by atoms with van der Waals surface area (Å²) in [4.78, 5) is 13.2.